The van der Waals surface area contributed by atoms with Crippen LogP contribution in [0, 0.1) is 0 Å². The van der Waals surface area contributed by atoms with Gasteiger partial charge in [-0.15, -0.1) is 0 Å². The van der Waals surface area contributed by atoms with Crippen LogP contribution in [0.25, 0.3) is 0 Å². The van der Waals surface area contributed by atoms with Crippen LogP contribution in [-0.2, 0) is 0 Å². The topological polar surface area (TPSA) is 75.8 Å². The number of likely N-dealkylation sites (tertiary alicyclic amines) is 1. The summed E-state index contributed by atoms with van der Waals surface area (Å²) in [6, 6.07) is 5.20. The highest BCUT2D eigenvalue weighted by Crippen LogP contribution is 2.29. The minimum atomic E-state index is -0.830. The molecule has 0 spiro atoms. The molecule has 1 amide bonds. The van der Waals surface area contributed by atoms with Crippen molar-refractivity contribution in [3.05, 3.63) is 23.8 Å². The van der Waals surface area contributed by atoms with Gasteiger partial charge in [-0.3, -0.25) is 4.79 Å². The molecular weight excluding hydrogens is 256 g/mol. The Morgan fingerprint density at radius 3 is 2.95 bits per heavy atom. The second-order valence-electron chi connectivity index (χ2n) is 5.48. The van der Waals surface area contributed by atoms with Crippen molar-refractivity contribution in [2.45, 2.75) is 32.3 Å². The first-order valence-electron chi connectivity index (χ1n) is 6.97. The summed E-state index contributed by atoms with van der Waals surface area (Å²) < 4.78 is 5.49. The van der Waals surface area contributed by atoms with Gasteiger partial charge >= 0.3 is 0 Å². The summed E-state index contributed by atoms with van der Waals surface area (Å²) in [6.45, 7) is 5.05. The highest BCUT2D eigenvalue weighted by atomic mass is 16.5. The average Bonchev–Trinajstić information content (AvgIpc) is 2.37. The normalized spacial score (nSPS) is 22.6. The molecule has 5 heteroatoms. The monoisotopic (exact) mass is 278 g/mol. The van der Waals surface area contributed by atoms with Crippen molar-refractivity contribution >= 4 is 11.6 Å². The van der Waals surface area contributed by atoms with Gasteiger partial charge in [0.15, 0.2) is 0 Å². The smallest absolute Gasteiger partial charge is 0.259 e. The molecule has 1 aromatic rings. The number of hydrogen-bond donors (Lipinski definition) is 2. The molecule has 1 atom stereocenters. The van der Waals surface area contributed by atoms with E-state index in [1.165, 1.54) is 0 Å². The van der Waals surface area contributed by atoms with Gasteiger partial charge in [0.05, 0.1) is 12.2 Å². The van der Waals surface area contributed by atoms with Crippen LogP contribution in [0.4, 0.5) is 5.69 Å². The molecule has 1 heterocycles. The number of rotatable bonds is 3. The number of amides is 1. The first kappa shape index (κ1) is 14.7. The quantitative estimate of drug-likeness (QED) is 0.824. The summed E-state index contributed by atoms with van der Waals surface area (Å²) >= 11 is 0. The van der Waals surface area contributed by atoms with Crippen molar-refractivity contribution in [2.24, 2.45) is 0 Å². The van der Waals surface area contributed by atoms with Crippen LogP contribution in [0.3, 0.4) is 0 Å². The van der Waals surface area contributed by atoms with E-state index >= 15 is 0 Å². The predicted octanol–water partition coefficient (Wildman–Crippen LogP) is 1.65. The number of nitrogens with two attached hydrogens (primary N) is 1. The van der Waals surface area contributed by atoms with E-state index in [1.54, 1.807) is 30.0 Å². The summed E-state index contributed by atoms with van der Waals surface area (Å²) in [5.74, 6) is 0.328. The molecule has 1 unspecified atom stereocenters. The lowest BCUT2D eigenvalue weighted by Gasteiger charge is -2.37. The van der Waals surface area contributed by atoms with Crippen molar-refractivity contribution < 1.29 is 14.6 Å². The zero-order chi connectivity index (χ0) is 14.8. The molecule has 0 radical (unpaired) electrons. The molecule has 0 aromatic heterocycles. The number of benzene rings is 1. The maximum atomic E-state index is 12.7. The van der Waals surface area contributed by atoms with Crippen LogP contribution < -0.4 is 10.5 Å². The minimum Gasteiger partial charge on any atom is -0.493 e. The van der Waals surface area contributed by atoms with E-state index in [4.69, 9.17) is 10.5 Å². The number of nitrogens with zero attached hydrogens (tertiary/aromatic N) is 1. The summed E-state index contributed by atoms with van der Waals surface area (Å²) in [7, 11) is 0. The third-order valence-electron chi connectivity index (χ3n) is 3.53. The summed E-state index contributed by atoms with van der Waals surface area (Å²) in [5, 5.41) is 10.1. The molecule has 0 aliphatic carbocycles. The minimum absolute atomic E-state index is 0.175. The number of nitrogen functional groups attached to an aromatic ring is 1. The van der Waals surface area contributed by atoms with Gasteiger partial charge in [-0.25, -0.2) is 0 Å². The van der Waals surface area contributed by atoms with E-state index in [1.807, 2.05) is 6.92 Å². The van der Waals surface area contributed by atoms with Gasteiger partial charge in [0.1, 0.15) is 11.3 Å². The van der Waals surface area contributed by atoms with E-state index in [0.29, 0.717) is 43.1 Å². The van der Waals surface area contributed by atoms with Gasteiger partial charge in [-0.05, 0) is 38.8 Å². The molecule has 1 aliphatic rings. The molecule has 1 fully saturated rings. The van der Waals surface area contributed by atoms with Crippen LogP contribution in [0.2, 0.25) is 0 Å². The Morgan fingerprint density at radius 1 is 1.55 bits per heavy atom. The largest absolute Gasteiger partial charge is 0.493 e. The third-order valence-corrected chi connectivity index (χ3v) is 3.53. The van der Waals surface area contributed by atoms with Crippen LogP contribution in [0.5, 0.6) is 5.75 Å². The Morgan fingerprint density at radius 2 is 2.30 bits per heavy atom. The number of aliphatic hydroxyl groups is 1. The van der Waals surface area contributed by atoms with Gasteiger partial charge in [0.2, 0.25) is 0 Å². The van der Waals surface area contributed by atoms with Crippen molar-refractivity contribution in [2.75, 3.05) is 25.4 Å². The van der Waals surface area contributed by atoms with Crippen LogP contribution >= 0.6 is 0 Å². The molecule has 20 heavy (non-hydrogen) atoms. The number of anilines is 1. The number of piperidine rings is 1. The van der Waals surface area contributed by atoms with Gasteiger partial charge in [0.25, 0.3) is 5.91 Å². The van der Waals surface area contributed by atoms with E-state index in [0.717, 1.165) is 6.42 Å². The zero-order valence-electron chi connectivity index (χ0n) is 12.1. The fourth-order valence-electron chi connectivity index (χ4n) is 2.60. The van der Waals surface area contributed by atoms with Crippen molar-refractivity contribution in [3.8, 4) is 5.75 Å². The Hall–Kier alpha value is -1.75. The Kier molecular flexibility index (Phi) is 4.18. The first-order chi connectivity index (χ1) is 9.44. The van der Waals surface area contributed by atoms with Crippen molar-refractivity contribution in [1.29, 1.82) is 0 Å². The van der Waals surface area contributed by atoms with E-state index in [9.17, 15) is 9.90 Å². The lowest BCUT2D eigenvalue weighted by Crippen LogP contribution is -2.48. The number of carbonyl (C=O) groups is 1. The second kappa shape index (κ2) is 5.71. The molecular formula is C15H22N2O3. The summed E-state index contributed by atoms with van der Waals surface area (Å²) in [5.41, 5.74) is 5.91. The molecule has 5 nitrogen and oxygen atoms in total. The van der Waals surface area contributed by atoms with Gasteiger partial charge in [-0.1, -0.05) is 6.07 Å². The Labute approximate surface area is 119 Å². The molecule has 1 aromatic carbocycles. The van der Waals surface area contributed by atoms with Gasteiger partial charge in [0, 0.05) is 18.8 Å². The fourth-order valence-corrected chi connectivity index (χ4v) is 2.60. The SMILES string of the molecule is CCOc1cccc(N)c1C(=O)N1CCCC(C)(O)C1. The van der Waals surface area contributed by atoms with Gasteiger partial charge < -0.3 is 20.5 Å². The van der Waals surface area contributed by atoms with Crippen molar-refractivity contribution in [1.82, 2.24) is 4.90 Å². The highest BCUT2D eigenvalue weighted by Gasteiger charge is 2.32. The Bertz CT molecular complexity index is 500. The molecule has 1 aliphatic heterocycles. The van der Waals surface area contributed by atoms with E-state index in [-0.39, 0.29) is 5.91 Å². The lowest BCUT2D eigenvalue weighted by molar-refractivity contribution is -0.0108. The van der Waals surface area contributed by atoms with E-state index < -0.39 is 5.60 Å². The van der Waals surface area contributed by atoms with Crippen molar-refractivity contribution in [3.63, 3.8) is 0 Å². The number of carbonyl (C=O) groups excluding carboxylic acids is 1. The van der Waals surface area contributed by atoms with Crippen LogP contribution in [-0.4, -0.2) is 41.2 Å². The lowest BCUT2D eigenvalue weighted by atomic mass is 9.94. The second-order valence-corrected chi connectivity index (χ2v) is 5.48. The summed E-state index contributed by atoms with van der Waals surface area (Å²) in [6.07, 6.45) is 1.49. The zero-order valence-corrected chi connectivity index (χ0v) is 12.1. The summed E-state index contributed by atoms with van der Waals surface area (Å²) in [4.78, 5) is 14.3. The van der Waals surface area contributed by atoms with Gasteiger partial charge in [-0.2, -0.15) is 0 Å². The fraction of sp³-hybridized carbons (Fsp3) is 0.533. The predicted molar refractivity (Wildman–Crippen MR) is 77.8 cm³/mol. The highest BCUT2D eigenvalue weighted by molar-refractivity contribution is 6.02. The molecule has 0 bridgehead atoms. The standard InChI is InChI=1S/C15H22N2O3/c1-3-20-12-7-4-6-11(16)13(12)14(18)17-9-5-8-15(2,19)10-17/h4,6-7,19H,3,5,8-10,16H2,1-2H3. The first-order valence-corrected chi connectivity index (χ1v) is 6.97. The molecule has 3 N–H and O–H groups in total. The number of β-amino-alcohol motifs (C(OH)–C–C–N with tert-alkyl or cyclic N) is 1. The number of ether oxygens (including phenoxy) is 1. The van der Waals surface area contributed by atoms with Crippen LogP contribution in [0.15, 0.2) is 18.2 Å². The number of hydrogen-bond acceptors (Lipinski definition) is 4. The molecule has 0 saturated carbocycles. The maximum Gasteiger partial charge on any atom is 0.259 e. The van der Waals surface area contributed by atoms with E-state index in [2.05, 4.69) is 0 Å². The molecule has 110 valence electrons. The average molecular weight is 278 g/mol. The maximum absolute atomic E-state index is 12.7. The third kappa shape index (κ3) is 3.04. The molecule has 1 saturated heterocycles. The molecule has 2 rings (SSSR count). The Balaban J connectivity index is 2.29. The van der Waals surface area contributed by atoms with Crippen LogP contribution in [0.1, 0.15) is 37.0 Å².